The van der Waals surface area contributed by atoms with Gasteiger partial charge in [-0.05, 0) is 74.1 Å². The molecule has 9 rings (SSSR count). The van der Waals surface area contributed by atoms with Gasteiger partial charge in [-0.3, -0.25) is 0 Å². The number of benzene rings is 6. The number of hydrogen-bond donors (Lipinski definition) is 0. The summed E-state index contributed by atoms with van der Waals surface area (Å²) >= 11 is 0. The molecule has 3 heterocycles. The molecular weight excluding hydrogens is 537 g/mol. The third kappa shape index (κ3) is 2.96. The molecule has 202 valence electrons. The first kappa shape index (κ1) is 24.4. The molecule has 1 spiro atoms. The van der Waals surface area contributed by atoms with E-state index in [1.807, 2.05) is 12.1 Å². The van der Waals surface area contributed by atoms with E-state index in [2.05, 4.69) is 145 Å². The summed E-state index contributed by atoms with van der Waals surface area (Å²) in [6.45, 7) is 5.01. The molecule has 0 bridgehead atoms. The second kappa shape index (κ2) is 8.44. The van der Waals surface area contributed by atoms with E-state index in [1.165, 1.54) is 65.7 Å². The van der Waals surface area contributed by atoms with Crippen LogP contribution in [-0.2, 0) is 5.41 Å². The number of aromatic nitrogens is 1. The second-order valence-electron chi connectivity index (χ2n) is 12.4. The summed E-state index contributed by atoms with van der Waals surface area (Å²) in [5, 5.41) is 15.0. The summed E-state index contributed by atoms with van der Waals surface area (Å²) in [4.78, 5) is 0. The maximum atomic E-state index is 9.42. The Morgan fingerprint density at radius 1 is 0.581 bits per heavy atom. The maximum absolute atomic E-state index is 9.42. The van der Waals surface area contributed by atoms with Gasteiger partial charge < -0.3 is 4.57 Å². The van der Waals surface area contributed by atoms with Crippen LogP contribution in [0.5, 0.6) is 0 Å². The van der Waals surface area contributed by atoms with Gasteiger partial charge in [0.05, 0.1) is 33.8 Å². The molecular formula is C40H28N2Si. The van der Waals surface area contributed by atoms with Crippen LogP contribution in [0.4, 0.5) is 0 Å². The monoisotopic (exact) mass is 564 g/mol. The fourth-order valence-corrected chi connectivity index (χ4v) is 11.4. The van der Waals surface area contributed by atoms with Crippen molar-refractivity contribution < 1.29 is 0 Å². The van der Waals surface area contributed by atoms with Gasteiger partial charge >= 0.3 is 0 Å². The normalized spacial score (nSPS) is 17.3. The van der Waals surface area contributed by atoms with E-state index in [-0.39, 0.29) is 0 Å². The topological polar surface area (TPSA) is 28.7 Å². The van der Waals surface area contributed by atoms with Gasteiger partial charge in [0, 0.05) is 10.8 Å². The Bertz CT molecular complexity index is 2330. The lowest BCUT2D eigenvalue weighted by Crippen LogP contribution is -2.63. The zero-order valence-electron chi connectivity index (χ0n) is 24.1. The van der Waals surface area contributed by atoms with Crippen molar-refractivity contribution in [1.82, 2.24) is 4.57 Å². The van der Waals surface area contributed by atoms with Crippen molar-refractivity contribution in [1.29, 1.82) is 5.26 Å². The predicted molar refractivity (Wildman–Crippen MR) is 180 cm³/mol. The lowest BCUT2D eigenvalue weighted by Gasteiger charge is -2.49. The molecule has 1 unspecified atom stereocenters. The van der Waals surface area contributed by atoms with Crippen LogP contribution in [-0.4, -0.2) is 12.6 Å². The molecule has 0 radical (unpaired) electrons. The van der Waals surface area contributed by atoms with E-state index in [0.717, 1.165) is 5.56 Å². The van der Waals surface area contributed by atoms with Crippen molar-refractivity contribution in [3.05, 3.63) is 161 Å². The van der Waals surface area contributed by atoms with Crippen molar-refractivity contribution in [3.63, 3.8) is 0 Å². The molecule has 43 heavy (non-hydrogen) atoms. The molecule has 0 N–H and O–H groups in total. The Kier molecular flexibility index (Phi) is 4.80. The number of para-hydroxylation sites is 3. The van der Waals surface area contributed by atoms with Gasteiger partial charge in [-0.2, -0.15) is 5.26 Å². The summed E-state index contributed by atoms with van der Waals surface area (Å²) in [6, 6.07) is 51.5. The standard InChI is InChI=1S/C40H28N2Si/c1-43(2)37-17-8-5-13-32(37)40(34-24-28(22-23-38(34)43)27-20-18-26(25-41)19-21-27)31-12-4-7-16-36(31)42-35-15-6-3-10-29(35)30-11-9-14-33(40)39(30)42/h3-24H,1-2H3. The molecule has 6 aromatic carbocycles. The van der Waals surface area contributed by atoms with Gasteiger partial charge in [0.15, 0.2) is 0 Å². The number of nitrogens with zero attached hydrogens (tertiary/aromatic N) is 2. The Morgan fingerprint density at radius 2 is 1.23 bits per heavy atom. The molecule has 0 saturated carbocycles. The van der Waals surface area contributed by atoms with Crippen LogP contribution in [0.3, 0.4) is 0 Å². The van der Waals surface area contributed by atoms with E-state index in [1.54, 1.807) is 0 Å². The molecule has 0 aliphatic carbocycles. The highest BCUT2D eigenvalue weighted by Crippen LogP contribution is 2.55. The Balaban J connectivity index is 1.50. The Morgan fingerprint density at radius 3 is 2.07 bits per heavy atom. The van der Waals surface area contributed by atoms with Gasteiger partial charge in [-0.25, -0.2) is 0 Å². The van der Waals surface area contributed by atoms with Gasteiger partial charge in [0.1, 0.15) is 8.07 Å². The highest BCUT2D eigenvalue weighted by Gasteiger charge is 2.53. The minimum atomic E-state index is -2.06. The van der Waals surface area contributed by atoms with Crippen LogP contribution < -0.4 is 10.4 Å². The third-order valence-corrected chi connectivity index (χ3v) is 13.7. The smallest absolute Gasteiger partial charge is 0.113 e. The summed E-state index contributed by atoms with van der Waals surface area (Å²) in [7, 11) is -2.06. The molecule has 2 aliphatic heterocycles. The molecule has 2 nitrogen and oxygen atoms in total. The fraction of sp³-hybridized carbons (Fsp3) is 0.0750. The zero-order valence-corrected chi connectivity index (χ0v) is 25.1. The van der Waals surface area contributed by atoms with Crippen molar-refractivity contribution in [2.75, 3.05) is 0 Å². The van der Waals surface area contributed by atoms with E-state index in [0.29, 0.717) is 5.56 Å². The van der Waals surface area contributed by atoms with Crippen LogP contribution in [0.15, 0.2) is 133 Å². The molecule has 1 aromatic heterocycles. The summed E-state index contributed by atoms with van der Waals surface area (Å²) < 4.78 is 2.50. The lowest BCUT2D eigenvalue weighted by molar-refractivity contribution is 0.732. The van der Waals surface area contributed by atoms with E-state index in [4.69, 9.17) is 0 Å². The van der Waals surface area contributed by atoms with Crippen molar-refractivity contribution in [2.24, 2.45) is 0 Å². The highest BCUT2D eigenvalue weighted by molar-refractivity contribution is 7.01. The molecule has 7 aromatic rings. The molecule has 2 aliphatic rings. The van der Waals surface area contributed by atoms with Gasteiger partial charge in [0.25, 0.3) is 0 Å². The fourth-order valence-electron chi connectivity index (χ4n) is 8.24. The van der Waals surface area contributed by atoms with E-state index < -0.39 is 13.5 Å². The maximum Gasteiger partial charge on any atom is 0.113 e. The summed E-state index contributed by atoms with van der Waals surface area (Å²) in [5.41, 5.74) is 11.8. The molecule has 0 amide bonds. The van der Waals surface area contributed by atoms with Crippen LogP contribution >= 0.6 is 0 Å². The summed E-state index contributed by atoms with van der Waals surface area (Å²) in [6.07, 6.45) is 0. The Hall–Kier alpha value is -5.17. The van der Waals surface area contributed by atoms with Crippen LogP contribution in [0.1, 0.15) is 27.8 Å². The Labute approximate surface area is 252 Å². The molecule has 1 atom stereocenters. The highest BCUT2D eigenvalue weighted by atomic mass is 28.3. The predicted octanol–water partition coefficient (Wildman–Crippen LogP) is 8.15. The summed E-state index contributed by atoms with van der Waals surface area (Å²) in [5.74, 6) is 0. The first-order valence-electron chi connectivity index (χ1n) is 14.9. The lowest BCUT2D eigenvalue weighted by atomic mass is 9.62. The molecule has 3 heteroatoms. The largest absolute Gasteiger partial charge is 0.309 e. The van der Waals surface area contributed by atoms with Crippen LogP contribution in [0, 0.1) is 11.3 Å². The van der Waals surface area contributed by atoms with E-state index in [9.17, 15) is 5.26 Å². The second-order valence-corrected chi connectivity index (χ2v) is 16.8. The number of fused-ring (bicyclic) bond motifs is 11. The SMILES string of the molecule is C[Si]1(C)c2ccccc2C2(c3ccccc3-n3c4ccccc4c4cccc2c43)c2cc(-c3ccc(C#N)cc3)ccc21. The number of hydrogen-bond acceptors (Lipinski definition) is 1. The minimum Gasteiger partial charge on any atom is -0.309 e. The first-order chi connectivity index (χ1) is 21.0. The minimum absolute atomic E-state index is 0.475. The quantitative estimate of drug-likeness (QED) is 0.185. The van der Waals surface area contributed by atoms with E-state index >= 15 is 0 Å². The van der Waals surface area contributed by atoms with Crippen LogP contribution in [0.2, 0.25) is 13.1 Å². The van der Waals surface area contributed by atoms with Gasteiger partial charge in [-0.1, -0.05) is 116 Å². The zero-order chi connectivity index (χ0) is 28.9. The average Bonchev–Trinajstić information content (AvgIpc) is 3.40. The first-order valence-corrected chi connectivity index (χ1v) is 17.9. The van der Waals surface area contributed by atoms with Crippen molar-refractivity contribution >= 4 is 40.3 Å². The molecule has 0 fully saturated rings. The number of nitriles is 1. The molecule has 0 saturated heterocycles. The van der Waals surface area contributed by atoms with Crippen molar-refractivity contribution in [2.45, 2.75) is 18.5 Å². The van der Waals surface area contributed by atoms with Crippen LogP contribution in [0.25, 0.3) is 38.6 Å². The van der Waals surface area contributed by atoms with Gasteiger partial charge in [0.2, 0.25) is 0 Å². The third-order valence-electron chi connectivity index (χ3n) is 10.1. The average molecular weight is 565 g/mol. The number of rotatable bonds is 1. The van der Waals surface area contributed by atoms with Gasteiger partial charge in [-0.15, -0.1) is 0 Å². The van der Waals surface area contributed by atoms with Crippen molar-refractivity contribution in [3.8, 4) is 22.9 Å².